The van der Waals surface area contributed by atoms with Gasteiger partial charge in [0.25, 0.3) is 0 Å². The molecule has 2 aromatic rings. The number of carbonyl (C=O) groups excluding carboxylic acids is 2. The van der Waals surface area contributed by atoms with E-state index in [4.69, 9.17) is 24.7 Å². The fraction of sp³-hybridized carbons (Fsp3) is 0.391. The SMILES string of the molecule is COc1ccc(C[C@H]2CSC(=O)[C@@H]2Cc2ccc(OC(=O)CN)c(OC)c2)cc1OC. The van der Waals surface area contributed by atoms with Crippen LogP contribution in [-0.4, -0.2) is 44.7 Å². The Morgan fingerprint density at radius 3 is 2.13 bits per heavy atom. The van der Waals surface area contributed by atoms with E-state index in [9.17, 15) is 9.59 Å². The second-order valence-electron chi connectivity index (χ2n) is 7.26. The first-order chi connectivity index (χ1) is 15.0. The number of nitrogens with two attached hydrogens (primary N) is 1. The molecule has 7 nitrogen and oxygen atoms in total. The molecule has 3 rings (SSSR count). The maximum absolute atomic E-state index is 12.6. The number of hydrogen-bond acceptors (Lipinski definition) is 8. The molecule has 2 aromatic carbocycles. The van der Waals surface area contributed by atoms with Gasteiger partial charge in [0.1, 0.15) is 0 Å². The third kappa shape index (κ3) is 5.51. The Bertz CT molecular complexity index is 948. The summed E-state index contributed by atoms with van der Waals surface area (Å²) in [6, 6.07) is 11.2. The molecular formula is C23H27NO6S. The van der Waals surface area contributed by atoms with Crippen molar-refractivity contribution in [2.45, 2.75) is 12.8 Å². The molecule has 1 aliphatic heterocycles. The molecule has 166 valence electrons. The summed E-state index contributed by atoms with van der Waals surface area (Å²) in [6.07, 6.45) is 1.36. The van der Waals surface area contributed by atoms with E-state index in [1.807, 2.05) is 30.3 Å². The highest BCUT2D eigenvalue weighted by Crippen LogP contribution is 2.39. The lowest BCUT2D eigenvalue weighted by atomic mass is 9.85. The lowest BCUT2D eigenvalue weighted by Gasteiger charge is -2.19. The van der Waals surface area contributed by atoms with Crippen molar-refractivity contribution in [3.63, 3.8) is 0 Å². The molecule has 2 atom stereocenters. The standard InChI is InChI=1S/C23H27NO6S/c1-27-18-6-4-14(10-20(18)28-2)8-16-13-31-23(26)17(16)9-15-5-7-19(21(11-15)29-3)30-22(25)12-24/h4-7,10-11,16-17H,8-9,12-13,24H2,1-3H3/t16-,17+/m0/s1. The fourth-order valence-corrected chi connectivity index (χ4v) is 4.93. The van der Waals surface area contributed by atoms with Gasteiger partial charge in [0.2, 0.25) is 0 Å². The highest BCUT2D eigenvalue weighted by atomic mass is 32.2. The average molecular weight is 446 g/mol. The molecule has 8 heteroatoms. The number of rotatable bonds is 9. The maximum Gasteiger partial charge on any atom is 0.325 e. The zero-order valence-electron chi connectivity index (χ0n) is 17.9. The molecule has 0 saturated carbocycles. The van der Waals surface area contributed by atoms with Gasteiger partial charge in [0.05, 0.1) is 27.9 Å². The highest BCUT2D eigenvalue weighted by molar-refractivity contribution is 8.14. The van der Waals surface area contributed by atoms with Crippen LogP contribution in [0, 0.1) is 11.8 Å². The van der Waals surface area contributed by atoms with Crippen LogP contribution in [0.5, 0.6) is 23.0 Å². The van der Waals surface area contributed by atoms with Gasteiger partial charge in [-0.1, -0.05) is 23.9 Å². The van der Waals surface area contributed by atoms with Gasteiger partial charge >= 0.3 is 5.97 Å². The minimum Gasteiger partial charge on any atom is -0.493 e. The number of thioether (sulfide) groups is 1. The van der Waals surface area contributed by atoms with Crippen molar-refractivity contribution >= 4 is 22.8 Å². The maximum atomic E-state index is 12.6. The smallest absolute Gasteiger partial charge is 0.325 e. The molecule has 1 saturated heterocycles. The van der Waals surface area contributed by atoms with Crippen LogP contribution in [0.15, 0.2) is 36.4 Å². The Morgan fingerprint density at radius 2 is 1.52 bits per heavy atom. The van der Waals surface area contributed by atoms with Gasteiger partial charge in [0.15, 0.2) is 28.1 Å². The predicted molar refractivity (Wildman–Crippen MR) is 119 cm³/mol. The monoisotopic (exact) mass is 445 g/mol. The van der Waals surface area contributed by atoms with Crippen LogP contribution in [0.4, 0.5) is 0 Å². The van der Waals surface area contributed by atoms with Gasteiger partial charge in [-0.15, -0.1) is 0 Å². The lowest BCUT2D eigenvalue weighted by Crippen LogP contribution is -2.21. The van der Waals surface area contributed by atoms with Crippen LogP contribution in [-0.2, 0) is 22.4 Å². The second-order valence-corrected chi connectivity index (χ2v) is 8.28. The molecule has 0 radical (unpaired) electrons. The summed E-state index contributed by atoms with van der Waals surface area (Å²) in [5.41, 5.74) is 7.36. The summed E-state index contributed by atoms with van der Waals surface area (Å²) in [5.74, 6) is 2.45. The minimum absolute atomic E-state index is 0.111. The van der Waals surface area contributed by atoms with Crippen molar-refractivity contribution in [3.05, 3.63) is 47.5 Å². The second kappa shape index (κ2) is 10.5. The minimum atomic E-state index is -0.539. The van der Waals surface area contributed by atoms with Gasteiger partial charge in [0, 0.05) is 11.7 Å². The van der Waals surface area contributed by atoms with Crippen LogP contribution in [0.25, 0.3) is 0 Å². The van der Waals surface area contributed by atoms with Crippen LogP contribution in [0.1, 0.15) is 11.1 Å². The summed E-state index contributed by atoms with van der Waals surface area (Å²) in [7, 11) is 4.73. The number of methoxy groups -OCH3 is 3. The summed E-state index contributed by atoms with van der Waals surface area (Å²) in [4.78, 5) is 24.1. The average Bonchev–Trinajstić information content (AvgIpc) is 3.13. The first kappa shape index (κ1) is 23.0. The molecule has 0 unspecified atom stereocenters. The van der Waals surface area contributed by atoms with Crippen molar-refractivity contribution in [3.8, 4) is 23.0 Å². The molecule has 1 heterocycles. The summed E-state index contributed by atoms with van der Waals surface area (Å²) in [5, 5.41) is 0.197. The van der Waals surface area contributed by atoms with Crippen LogP contribution >= 0.6 is 11.8 Å². The van der Waals surface area contributed by atoms with E-state index in [1.54, 1.807) is 20.3 Å². The number of ether oxygens (including phenoxy) is 4. The van der Waals surface area contributed by atoms with Gasteiger partial charge in [-0.3, -0.25) is 9.59 Å². The Kier molecular flexibility index (Phi) is 7.81. The first-order valence-electron chi connectivity index (χ1n) is 9.94. The van der Waals surface area contributed by atoms with E-state index in [0.29, 0.717) is 29.4 Å². The normalized spacial score (nSPS) is 18.0. The first-order valence-corrected chi connectivity index (χ1v) is 10.9. The van der Waals surface area contributed by atoms with E-state index in [0.717, 1.165) is 23.3 Å². The molecule has 1 fully saturated rings. The third-order valence-corrected chi connectivity index (χ3v) is 6.51. The Morgan fingerprint density at radius 1 is 0.935 bits per heavy atom. The molecule has 0 aromatic heterocycles. The van der Waals surface area contributed by atoms with Crippen LogP contribution < -0.4 is 24.7 Å². The Labute approximate surface area is 186 Å². The van der Waals surface area contributed by atoms with Crippen molar-refractivity contribution in [2.24, 2.45) is 17.6 Å². The Balaban J connectivity index is 1.75. The number of carbonyl (C=O) groups is 2. The summed E-state index contributed by atoms with van der Waals surface area (Å²) >= 11 is 1.38. The molecular weight excluding hydrogens is 418 g/mol. The molecule has 0 bridgehead atoms. The van der Waals surface area contributed by atoms with Crippen molar-refractivity contribution in [1.29, 1.82) is 0 Å². The summed E-state index contributed by atoms with van der Waals surface area (Å²) < 4.78 is 21.3. The van der Waals surface area contributed by atoms with Crippen LogP contribution in [0.3, 0.4) is 0 Å². The van der Waals surface area contributed by atoms with E-state index in [1.165, 1.54) is 18.9 Å². The van der Waals surface area contributed by atoms with Crippen molar-refractivity contribution < 1.29 is 28.5 Å². The molecule has 1 aliphatic rings. The zero-order chi connectivity index (χ0) is 22.4. The third-order valence-electron chi connectivity index (χ3n) is 5.33. The number of hydrogen-bond donors (Lipinski definition) is 1. The van der Waals surface area contributed by atoms with E-state index < -0.39 is 5.97 Å². The van der Waals surface area contributed by atoms with E-state index in [2.05, 4.69) is 0 Å². The molecule has 31 heavy (non-hydrogen) atoms. The molecule has 2 N–H and O–H groups in total. The van der Waals surface area contributed by atoms with Crippen molar-refractivity contribution in [1.82, 2.24) is 0 Å². The predicted octanol–water partition coefficient (Wildman–Crippen LogP) is 2.87. The summed E-state index contributed by atoms with van der Waals surface area (Å²) in [6.45, 7) is -0.212. The highest BCUT2D eigenvalue weighted by Gasteiger charge is 2.35. The molecule has 0 aliphatic carbocycles. The quantitative estimate of drug-likeness (QED) is 0.465. The Hall–Kier alpha value is -2.71. The van der Waals surface area contributed by atoms with Gasteiger partial charge in [-0.05, 0) is 54.2 Å². The topological polar surface area (TPSA) is 97.1 Å². The van der Waals surface area contributed by atoms with E-state index in [-0.39, 0.29) is 23.5 Å². The fourth-order valence-electron chi connectivity index (χ4n) is 3.71. The number of esters is 1. The zero-order valence-corrected chi connectivity index (χ0v) is 18.7. The van der Waals surface area contributed by atoms with E-state index >= 15 is 0 Å². The lowest BCUT2D eigenvalue weighted by molar-refractivity contribution is -0.132. The van der Waals surface area contributed by atoms with Gasteiger partial charge in [-0.25, -0.2) is 0 Å². The molecule has 0 spiro atoms. The number of benzene rings is 2. The molecule has 0 amide bonds. The van der Waals surface area contributed by atoms with Crippen molar-refractivity contribution in [2.75, 3.05) is 33.6 Å². The van der Waals surface area contributed by atoms with Gasteiger partial charge in [-0.2, -0.15) is 0 Å². The largest absolute Gasteiger partial charge is 0.493 e. The van der Waals surface area contributed by atoms with Crippen LogP contribution in [0.2, 0.25) is 0 Å². The van der Waals surface area contributed by atoms with Gasteiger partial charge < -0.3 is 24.7 Å².